The number of amides is 1. The molecule has 154 valence electrons. The second-order valence-corrected chi connectivity index (χ2v) is 8.35. The number of nitrogens with zero attached hydrogens (tertiary/aromatic N) is 2. The van der Waals surface area contributed by atoms with Gasteiger partial charge in [-0.05, 0) is 62.1 Å². The molecule has 5 nitrogen and oxygen atoms in total. The lowest BCUT2D eigenvalue weighted by Gasteiger charge is -2.34. The second kappa shape index (κ2) is 7.98. The molecule has 1 aliphatic carbocycles. The van der Waals surface area contributed by atoms with Crippen LogP contribution in [-0.4, -0.2) is 42.0 Å². The van der Waals surface area contributed by atoms with Crippen molar-refractivity contribution in [3.8, 4) is 5.75 Å². The Balaban J connectivity index is 1.36. The summed E-state index contributed by atoms with van der Waals surface area (Å²) < 4.78 is 5.24. The van der Waals surface area contributed by atoms with E-state index in [2.05, 4.69) is 5.32 Å². The summed E-state index contributed by atoms with van der Waals surface area (Å²) in [7, 11) is 1.67. The summed E-state index contributed by atoms with van der Waals surface area (Å²) in [6.07, 6.45) is 4.41. The van der Waals surface area contributed by atoms with E-state index in [1.807, 2.05) is 59.5 Å². The lowest BCUT2D eigenvalue weighted by atomic mass is 10.0. The van der Waals surface area contributed by atoms with Crippen molar-refractivity contribution in [2.75, 3.05) is 25.5 Å². The fourth-order valence-electron chi connectivity index (χ4n) is 4.33. The molecule has 0 radical (unpaired) electrons. The Hall–Kier alpha value is -3.08. The summed E-state index contributed by atoms with van der Waals surface area (Å²) in [6, 6.07) is 18.3. The topological polar surface area (TPSA) is 54.5 Å². The number of piperidine rings is 1. The molecule has 0 unspecified atom stereocenters. The quantitative estimate of drug-likeness (QED) is 0.665. The molecule has 3 aromatic rings. The third-order valence-corrected chi connectivity index (χ3v) is 6.13. The number of pyridine rings is 1. The summed E-state index contributed by atoms with van der Waals surface area (Å²) in [4.78, 5) is 20.4. The Morgan fingerprint density at radius 1 is 1.10 bits per heavy atom. The highest BCUT2D eigenvalue weighted by molar-refractivity contribution is 6.06. The summed E-state index contributed by atoms with van der Waals surface area (Å²) >= 11 is 0. The molecule has 1 N–H and O–H groups in total. The zero-order chi connectivity index (χ0) is 20.5. The van der Waals surface area contributed by atoms with Crippen LogP contribution in [0.5, 0.6) is 5.75 Å². The SMILES string of the molecule is COc1ccc(N[C@H]2CCCN(C(=O)c3cc(C4CC4)nc4ccccc34)C2)cc1. The van der Waals surface area contributed by atoms with Crippen LogP contribution in [0.25, 0.3) is 10.9 Å². The number of fused-ring (bicyclic) bond motifs is 1. The van der Waals surface area contributed by atoms with Crippen LogP contribution < -0.4 is 10.1 Å². The molecule has 0 bridgehead atoms. The molecule has 2 heterocycles. The first-order valence-electron chi connectivity index (χ1n) is 10.8. The number of carbonyl (C=O) groups is 1. The van der Waals surface area contributed by atoms with Crippen molar-refractivity contribution in [1.82, 2.24) is 9.88 Å². The van der Waals surface area contributed by atoms with E-state index in [4.69, 9.17) is 9.72 Å². The number of hydrogen-bond acceptors (Lipinski definition) is 4. The van der Waals surface area contributed by atoms with Gasteiger partial charge in [-0.15, -0.1) is 0 Å². The van der Waals surface area contributed by atoms with Gasteiger partial charge >= 0.3 is 0 Å². The van der Waals surface area contributed by atoms with Crippen molar-refractivity contribution in [1.29, 1.82) is 0 Å². The molecule has 1 saturated carbocycles. The number of likely N-dealkylation sites (tertiary alicyclic amines) is 1. The average molecular weight is 402 g/mol. The van der Waals surface area contributed by atoms with Crippen molar-refractivity contribution in [2.24, 2.45) is 0 Å². The van der Waals surface area contributed by atoms with E-state index < -0.39 is 0 Å². The summed E-state index contributed by atoms with van der Waals surface area (Å²) in [6.45, 7) is 1.51. The molecule has 5 heteroatoms. The smallest absolute Gasteiger partial charge is 0.254 e. The number of ether oxygens (including phenoxy) is 1. The van der Waals surface area contributed by atoms with Gasteiger partial charge in [-0.2, -0.15) is 0 Å². The lowest BCUT2D eigenvalue weighted by molar-refractivity contribution is 0.0716. The molecule has 1 atom stereocenters. The Bertz CT molecular complexity index is 1060. The maximum absolute atomic E-state index is 13.5. The number of aromatic nitrogens is 1. The van der Waals surface area contributed by atoms with Gasteiger partial charge < -0.3 is 15.0 Å². The molecule has 2 aliphatic rings. The van der Waals surface area contributed by atoms with Crippen LogP contribution in [-0.2, 0) is 0 Å². The molecule has 1 saturated heterocycles. The lowest BCUT2D eigenvalue weighted by Crippen LogP contribution is -2.45. The zero-order valence-electron chi connectivity index (χ0n) is 17.3. The van der Waals surface area contributed by atoms with Crippen molar-refractivity contribution in [2.45, 2.75) is 37.6 Å². The van der Waals surface area contributed by atoms with Crippen molar-refractivity contribution >= 4 is 22.5 Å². The highest BCUT2D eigenvalue weighted by atomic mass is 16.5. The van der Waals surface area contributed by atoms with Crippen LogP contribution in [0.4, 0.5) is 5.69 Å². The van der Waals surface area contributed by atoms with Crippen LogP contribution in [0.15, 0.2) is 54.6 Å². The molecule has 30 heavy (non-hydrogen) atoms. The molecule has 2 fully saturated rings. The Morgan fingerprint density at radius 2 is 1.90 bits per heavy atom. The van der Waals surface area contributed by atoms with E-state index in [1.54, 1.807) is 7.11 Å². The minimum atomic E-state index is 0.122. The number of carbonyl (C=O) groups excluding carboxylic acids is 1. The zero-order valence-corrected chi connectivity index (χ0v) is 17.3. The van der Waals surface area contributed by atoms with Gasteiger partial charge in [0.15, 0.2) is 0 Å². The maximum atomic E-state index is 13.5. The van der Waals surface area contributed by atoms with Crippen LogP contribution in [0.2, 0.25) is 0 Å². The molecule has 1 aromatic heterocycles. The predicted molar refractivity (Wildman–Crippen MR) is 119 cm³/mol. The first-order chi connectivity index (χ1) is 14.7. The molecule has 1 amide bonds. The molecular weight excluding hydrogens is 374 g/mol. The Kier molecular flexibility index (Phi) is 5.03. The third kappa shape index (κ3) is 3.84. The number of anilines is 1. The minimum absolute atomic E-state index is 0.122. The average Bonchev–Trinajstić information content (AvgIpc) is 3.64. The normalized spacial score (nSPS) is 19.0. The monoisotopic (exact) mass is 401 g/mol. The van der Waals surface area contributed by atoms with E-state index in [9.17, 15) is 4.79 Å². The highest BCUT2D eigenvalue weighted by Gasteiger charge is 2.29. The number of benzene rings is 2. The Labute approximate surface area is 177 Å². The summed E-state index contributed by atoms with van der Waals surface area (Å²) in [5.41, 5.74) is 3.85. The largest absolute Gasteiger partial charge is 0.497 e. The third-order valence-electron chi connectivity index (χ3n) is 6.13. The first-order valence-corrected chi connectivity index (χ1v) is 10.8. The maximum Gasteiger partial charge on any atom is 0.254 e. The van der Waals surface area contributed by atoms with Crippen LogP contribution in [0.1, 0.15) is 47.7 Å². The van der Waals surface area contributed by atoms with E-state index in [0.29, 0.717) is 12.5 Å². The van der Waals surface area contributed by atoms with E-state index in [1.165, 1.54) is 12.8 Å². The van der Waals surface area contributed by atoms with Crippen molar-refractivity contribution < 1.29 is 9.53 Å². The van der Waals surface area contributed by atoms with Gasteiger partial charge in [0.05, 0.1) is 18.2 Å². The van der Waals surface area contributed by atoms with Gasteiger partial charge in [-0.1, -0.05) is 18.2 Å². The van der Waals surface area contributed by atoms with Gasteiger partial charge in [0, 0.05) is 41.8 Å². The number of hydrogen-bond donors (Lipinski definition) is 1. The van der Waals surface area contributed by atoms with E-state index >= 15 is 0 Å². The number of methoxy groups -OCH3 is 1. The molecule has 5 rings (SSSR count). The van der Waals surface area contributed by atoms with Crippen molar-refractivity contribution in [3.63, 3.8) is 0 Å². The second-order valence-electron chi connectivity index (χ2n) is 8.35. The predicted octanol–water partition coefficient (Wildman–Crippen LogP) is 4.84. The standard InChI is InChI=1S/C25H27N3O2/c1-30-20-12-10-18(11-13-20)26-19-5-4-14-28(16-19)25(29)22-15-24(17-8-9-17)27-23-7-3-2-6-21(22)23/h2-3,6-7,10-13,15,17,19,26H,4-5,8-9,14,16H2,1H3/t19-/m0/s1. The first kappa shape index (κ1) is 18.9. The highest BCUT2D eigenvalue weighted by Crippen LogP contribution is 2.40. The van der Waals surface area contributed by atoms with Crippen LogP contribution >= 0.6 is 0 Å². The summed E-state index contributed by atoms with van der Waals surface area (Å²) in [5.74, 6) is 1.49. The fraction of sp³-hybridized carbons (Fsp3) is 0.360. The van der Waals surface area contributed by atoms with Crippen LogP contribution in [0.3, 0.4) is 0 Å². The van der Waals surface area contributed by atoms with Gasteiger partial charge in [0.1, 0.15) is 5.75 Å². The van der Waals surface area contributed by atoms with E-state index in [0.717, 1.165) is 53.0 Å². The van der Waals surface area contributed by atoms with Gasteiger partial charge in [0.25, 0.3) is 5.91 Å². The molecule has 2 aromatic carbocycles. The number of nitrogens with one attached hydrogen (secondary N) is 1. The minimum Gasteiger partial charge on any atom is -0.497 e. The molecular formula is C25H27N3O2. The number of rotatable bonds is 5. The molecule has 0 spiro atoms. The fourth-order valence-corrected chi connectivity index (χ4v) is 4.33. The van der Waals surface area contributed by atoms with Crippen molar-refractivity contribution in [3.05, 3.63) is 65.9 Å². The van der Waals surface area contributed by atoms with E-state index in [-0.39, 0.29) is 11.9 Å². The van der Waals surface area contributed by atoms with Crippen LogP contribution in [0, 0.1) is 0 Å². The molecule has 1 aliphatic heterocycles. The Morgan fingerprint density at radius 3 is 2.67 bits per heavy atom. The summed E-state index contributed by atoms with van der Waals surface area (Å²) in [5, 5.41) is 4.54. The van der Waals surface area contributed by atoms with Gasteiger partial charge in [-0.25, -0.2) is 0 Å². The van der Waals surface area contributed by atoms with Gasteiger partial charge in [0.2, 0.25) is 0 Å². The number of para-hydroxylation sites is 1. The van der Waals surface area contributed by atoms with Gasteiger partial charge in [-0.3, -0.25) is 9.78 Å².